The Morgan fingerprint density at radius 1 is 1.28 bits per heavy atom. The summed E-state index contributed by atoms with van der Waals surface area (Å²) < 4.78 is 4.43. The topological polar surface area (TPSA) is 62.7 Å². The van der Waals surface area contributed by atoms with Crippen molar-refractivity contribution in [3.8, 4) is 0 Å². The van der Waals surface area contributed by atoms with Gasteiger partial charge in [0.25, 0.3) is 0 Å². The number of hydrogen-bond donors (Lipinski definition) is 2. The standard InChI is InChI=1S/C17H20Cl2N2.C5H7NO2/c1-2-13-6-7-16(19)10-17(9-13)21-12-20-11-14-4-3-5-15(18)8-14;1-4(8-3)5(7)6-2/h3-10,17,20-21H,2,11-12H2,1H3;1-2H2,3H3. The Labute approximate surface area is 182 Å². The fourth-order valence-electron chi connectivity index (χ4n) is 2.32. The third-order valence-corrected chi connectivity index (χ3v) is 4.39. The molecule has 5 nitrogen and oxygen atoms in total. The second-order valence-corrected chi connectivity index (χ2v) is 6.91. The number of halogens is 2. The number of benzene rings is 1. The molecule has 1 atom stereocenters. The predicted molar refractivity (Wildman–Crippen MR) is 122 cm³/mol. The number of carbonyl (C=O) groups excluding carboxylic acids is 1. The van der Waals surface area contributed by atoms with Crippen LogP contribution in [0.1, 0.15) is 18.9 Å². The number of nitrogens with zero attached hydrogens (tertiary/aromatic N) is 1. The fourth-order valence-corrected chi connectivity index (χ4v) is 2.73. The summed E-state index contributed by atoms with van der Waals surface area (Å²) in [5.41, 5.74) is 2.46. The minimum absolute atomic E-state index is 0.0139. The van der Waals surface area contributed by atoms with E-state index in [1.807, 2.05) is 30.4 Å². The van der Waals surface area contributed by atoms with Crippen LogP contribution in [0, 0.1) is 0 Å². The van der Waals surface area contributed by atoms with E-state index in [1.165, 1.54) is 18.2 Å². The lowest BCUT2D eigenvalue weighted by Gasteiger charge is -2.13. The Hall–Kier alpha value is -2.18. The zero-order valence-corrected chi connectivity index (χ0v) is 18.3. The zero-order valence-electron chi connectivity index (χ0n) is 16.8. The first-order valence-corrected chi connectivity index (χ1v) is 9.83. The lowest BCUT2D eigenvalue weighted by atomic mass is 10.1. The smallest absolute Gasteiger partial charge is 0.310 e. The first-order chi connectivity index (χ1) is 13.9. The number of amides is 1. The number of aliphatic imine (C=N–C) groups is 1. The van der Waals surface area contributed by atoms with Gasteiger partial charge in [0.15, 0.2) is 5.76 Å². The second-order valence-electron chi connectivity index (χ2n) is 6.03. The van der Waals surface area contributed by atoms with Crippen molar-refractivity contribution in [1.82, 2.24) is 10.6 Å². The first kappa shape index (κ1) is 24.9. The molecule has 2 rings (SSSR count). The van der Waals surface area contributed by atoms with Crippen LogP contribution in [0.25, 0.3) is 0 Å². The molecule has 0 radical (unpaired) electrons. The van der Waals surface area contributed by atoms with E-state index in [4.69, 9.17) is 23.2 Å². The molecule has 1 aliphatic rings. The van der Waals surface area contributed by atoms with Gasteiger partial charge in [0.05, 0.1) is 7.11 Å². The SMILES string of the molecule is C=NC(=O)C(=C)OC.CCC1=CC(NCNCc2cccc(Cl)c2)C=C(Cl)C=C1. The average molecular weight is 436 g/mol. The Bertz CT molecular complexity index is 801. The largest absolute Gasteiger partial charge is 0.492 e. The van der Waals surface area contributed by atoms with E-state index in [0.717, 1.165) is 23.0 Å². The molecule has 29 heavy (non-hydrogen) atoms. The summed E-state index contributed by atoms with van der Waals surface area (Å²) in [6.45, 7) is 9.85. The molecule has 1 aromatic carbocycles. The molecular formula is C22H27Cl2N3O2. The summed E-state index contributed by atoms with van der Waals surface area (Å²) >= 11 is 12.1. The molecule has 0 bridgehead atoms. The molecule has 1 aliphatic carbocycles. The molecule has 0 spiro atoms. The highest BCUT2D eigenvalue weighted by atomic mass is 35.5. The molecule has 0 saturated carbocycles. The van der Waals surface area contributed by atoms with E-state index in [-0.39, 0.29) is 11.8 Å². The van der Waals surface area contributed by atoms with Gasteiger partial charge in [0.2, 0.25) is 0 Å². The van der Waals surface area contributed by atoms with Gasteiger partial charge in [0.1, 0.15) is 0 Å². The molecule has 0 heterocycles. The van der Waals surface area contributed by atoms with E-state index >= 15 is 0 Å². The predicted octanol–water partition coefficient (Wildman–Crippen LogP) is 4.75. The van der Waals surface area contributed by atoms with Crippen LogP contribution in [0.4, 0.5) is 0 Å². The molecule has 7 heteroatoms. The van der Waals surface area contributed by atoms with Crippen molar-refractivity contribution in [3.05, 3.63) is 82.1 Å². The van der Waals surface area contributed by atoms with E-state index in [1.54, 1.807) is 0 Å². The van der Waals surface area contributed by atoms with E-state index < -0.39 is 5.91 Å². The molecule has 1 unspecified atom stereocenters. The highest BCUT2D eigenvalue weighted by molar-refractivity contribution is 6.31. The molecular weight excluding hydrogens is 409 g/mol. The number of methoxy groups -OCH3 is 1. The second kappa shape index (κ2) is 13.9. The van der Waals surface area contributed by atoms with Gasteiger partial charge in [-0.25, -0.2) is 4.99 Å². The molecule has 1 aromatic rings. The Morgan fingerprint density at radius 2 is 2.03 bits per heavy atom. The van der Waals surface area contributed by atoms with Gasteiger partial charge >= 0.3 is 5.91 Å². The van der Waals surface area contributed by atoms with Crippen molar-refractivity contribution in [2.75, 3.05) is 13.8 Å². The maximum atomic E-state index is 10.3. The number of hydrogen-bond acceptors (Lipinski definition) is 4. The third-order valence-electron chi connectivity index (χ3n) is 3.91. The Morgan fingerprint density at radius 3 is 2.62 bits per heavy atom. The first-order valence-electron chi connectivity index (χ1n) is 9.08. The van der Waals surface area contributed by atoms with Crippen molar-refractivity contribution in [3.63, 3.8) is 0 Å². The van der Waals surface area contributed by atoms with Gasteiger partial charge in [0, 0.05) is 29.3 Å². The van der Waals surface area contributed by atoms with Gasteiger partial charge in [-0.1, -0.05) is 66.6 Å². The van der Waals surface area contributed by atoms with Crippen molar-refractivity contribution in [1.29, 1.82) is 0 Å². The van der Waals surface area contributed by atoms with Gasteiger partial charge in [-0.3, -0.25) is 10.1 Å². The summed E-state index contributed by atoms with van der Waals surface area (Å²) in [5, 5.41) is 8.30. The zero-order chi connectivity index (χ0) is 21.6. The highest BCUT2D eigenvalue weighted by Crippen LogP contribution is 2.15. The minimum atomic E-state index is -0.521. The average Bonchev–Trinajstić information content (AvgIpc) is 2.91. The Balaban J connectivity index is 0.000000447. The number of nitrogens with one attached hydrogen (secondary N) is 2. The molecule has 0 fully saturated rings. The highest BCUT2D eigenvalue weighted by Gasteiger charge is 2.06. The van der Waals surface area contributed by atoms with Crippen LogP contribution in [0.2, 0.25) is 5.02 Å². The minimum Gasteiger partial charge on any atom is -0.492 e. The molecule has 156 valence electrons. The normalized spacial score (nSPS) is 15.2. The van der Waals surface area contributed by atoms with E-state index in [0.29, 0.717) is 6.67 Å². The van der Waals surface area contributed by atoms with E-state index in [9.17, 15) is 4.79 Å². The molecule has 0 aromatic heterocycles. The lowest BCUT2D eigenvalue weighted by Crippen LogP contribution is -2.34. The van der Waals surface area contributed by atoms with Crippen LogP contribution in [0.5, 0.6) is 0 Å². The van der Waals surface area contributed by atoms with E-state index in [2.05, 4.69) is 58.8 Å². The van der Waals surface area contributed by atoms with Crippen molar-refractivity contribution in [2.45, 2.75) is 25.9 Å². The quantitative estimate of drug-likeness (QED) is 0.203. The van der Waals surface area contributed by atoms with Crippen LogP contribution in [-0.2, 0) is 16.1 Å². The van der Waals surface area contributed by atoms with Crippen molar-refractivity contribution >= 4 is 35.8 Å². The number of rotatable bonds is 8. The maximum Gasteiger partial charge on any atom is 0.310 e. The molecule has 2 N–H and O–H groups in total. The summed E-state index contributed by atoms with van der Waals surface area (Å²) in [6.07, 6.45) is 9.23. The summed E-state index contributed by atoms with van der Waals surface area (Å²) in [6, 6.07) is 8.01. The molecule has 1 amide bonds. The summed E-state index contributed by atoms with van der Waals surface area (Å²) in [5.74, 6) is -0.507. The van der Waals surface area contributed by atoms with Crippen LogP contribution < -0.4 is 10.6 Å². The van der Waals surface area contributed by atoms with Gasteiger partial charge in [-0.2, -0.15) is 0 Å². The molecule has 0 saturated heterocycles. The molecule has 0 aliphatic heterocycles. The number of carbonyl (C=O) groups is 1. The van der Waals surface area contributed by atoms with Crippen molar-refractivity contribution < 1.29 is 9.53 Å². The third kappa shape index (κ3) is 10.2. The van der Waals surface area contributed by atoms with Crippen LogP contribution >= 0.6 is 23.2 Å². The van der Waals surface area contributed by atoms with Crippen LogP contribution in [0.15, 0.2) is 76.5 Å². The van der Waals surface area contributed by atoms with Crippen LogP contribution in [0.3, 0.4) is 0 Å². The number of allylic oxidation sites excluding steroid dienone is 4. The maximum absolute atomic E-state index is 10.3. The summed E-state index contributed by atoms with van der Waals surface area (Å²) in [4.78, 5) is 13.3. The fraction of sp³-hybridized carbons (Fsp3) is 0.273. The summed E-state index contributed by atoms with van der Waals surface area (Å²) in [7, 11) is 1.35. The Kier molecular flexibility index (Phi) is 11.9. The number of ether oxygens (including phenoxy) is 1. The van der Waals surface area contributed by atoms with Gasteiger partial charge < -0.3 is 10.1 Å². The monoisotopic (exact) mass is 435 g/mol. The van der Waals surface area contributed by atoms with Crippen molar-refractivity contribution in [2.24, 2.45) is 4.99 Å². The lowest BCUT2D eigenvalue weighted by molar-refractivity contribution is -0.117. The van der Waals surface area contributed by atoms with Gasteiger partial charge in [-0.05, 0) is 43.0 Å². The van der Waals surface area contributed by atoms with Gasteiger partial charge in [-0.15, -0.1) is 0 Å². The van der Waals surface area contributed by atoms with Crippen LogP contribution in [-0.4, -0.2) is 32.4 Å².